The van der Waals surface area contributed by atoms with Crippen LogP contribution in [0.25, 0.3) is 0 Å². The maximum atomic E-state index is 13.3. The number of sulfonamides is 1. The summed E-state index contributed by atoms with van der Waals surface area (Å²) in [4.78, 5) is 23.0. The zero-order valence-electron chi connectivity index (χ0n) is 14.8. The molecule has 0 heterocycles. The number of carbonyl (C=O) groups excluding carboxylic acids is 1. The molecular weight excluding hydrogens is 399 g/mol. The third-order valence-electron chi connectivity index (χ3n) is 3.87. The van der Waals surface area contributed by atoms with Crippen LogP contribution in [0.5, 0.6) is 0 Å². The predicted molar refractivity (Wildman–Crippen MR) is 105 cm³/mol. The van der Waals surface area contributed by atoms with E-state index in [2.05, 4.69) is 10.0 Å². The lowest BCUT2D eigenvalue weighted by atomic mass is 10.1. The normalized spacial score (nSPS) is 10.9. The van der Waals surface area contributed by atoms with Crippen molar-refractivity contribution in [2.24, 2.45) is 0 Å². The summed E-state index contributed by atoms with van der Waals surface area (Å²) in [5.74, 6) is -2.28. The van der Waals surface area contributed by atoms with Gasteiger partial charge in [0, 0.05) is 16.9 Å². The van der Waals surface area contributed by atoms with E-state index in [0.29, 0.717) is 5.69 Å². The second kappa shape index (κ2) is 8.11. The summed E-state index contributed by atoms with van der Waals surface area (Å²) in [6.07, 6.45) is 0. The fourth-order valence-corrected chi connectivity index (χ4v) is 3.55. The molecule has 148 valence electrons. The first kappa shape index (κ1) is 20.0. The van der Waals surface area contributed by atoms with Crippen molar-refractivity contribution in [1.29, 1.82) is 0 Å². The number of benzene rings is 3. The summed E-state index contributed by atoms with van der Waals surface area (Å²) in [5, 5.41) is 11.5. The van der Waals surface area contributed by atoms with E-state index in [1.54, 1.807) is 0 Å². The van der Waals surface area contributed by atoms with Crippen molar-refractivity contribution in [3.63, 3.8) is 0 Å². The molecule has 0 aliphatic heterocycles. The van der Waals surface area contributed by atoms with E-state index in [4.69, 9.17) is 5.11 Å². The molecule has 1 amide bonds. The number of carboxylic acids is 1. The molecule has 0 atom stereocenters. The number of rotatable bonds is 6. The van der Waals surface area contributed by atoms with Crippen LogP contribution in [0.4, 0.5) is 15.8 Å². The highest BCUT2D eigenvalue weighted by Crippen LogP contribution is 2.19. The van der Waals surface area contributed by atoms with Crippen LogP contribution in [0.3, 0.4) is 0 Å². The third-order valence-corrected chi connectivity index (χ3v) is 5.25. The Labute approximate surface area is 165 Å². The molecule has 0 aliphatic carbocycles. The van der Waals surface area contributed by atoms with Crippen molar-refractivity contribution in [3.8, 4) is 0 Å². The van der Waals surface area contributed by atoms with Gasteiger partial charge in [0.25, 0.3) is 15.9 Å². The Kier molecular flexibility index (Phi) is 5.60. The molecular formula is C20H15FN2O5S. The zero-order valence-corrected chi connectivity index (χ0v) is 15.6. The van der Waals surface area contributed by atoms with Crippen molar-refractivity contribution in [2.45, 2.75) is 4.90 Å². The predicted octanol–water partition coefficient (Wildman–Crippen LogP) is 3.58. The second-order valence-electron chi connectivity index (χ2n) is 5.98. The smallest absolute Gasteiger partial charge is 0.335 e. The maximum Gasteiger partial charge on any atom is 0.335 e. The van der Waals surface area contributed by atoms with Crippen LogP contribution in [0.2, 0.25) is 0 Å². The summed E-state index contributed by atoms with van der Waals surface area (Å²) < 4.78 is 40.4. The quantitative estimate of drug-likeness (QED) is 0.571. The molecule has 0 spiro atoms. The molecule has 0 aliphatic rings. The fourth-order valence-electron chi connectivity index (χ4n) is 2.47. The van der Waals surface area contributed by atoms with Crippen LogP contribution in [-0.4, -0.2) is 25.4 Å². The standard InChI is InChI=1S/C20H15FN2O5S/c21-15-4-2-6-18(12-15)29(27,28)23-17-5-1-3-14(11-17)19(24)22-16-9-7-13(8-10-16)20(25)26/h1-12,23H,(H,22,24)(H,25,26). The topological polar surface area (TPSA) is 113 Å². The van der Waals surface area contributed by atoms with E-state index in [1.807, 2.05) is 0 Å². The minimum atomic E-state index is -4.03. The van der Waals surface area contributed by atoms with Gasteiger partial charge < -0.3 is 10.4 Å². The van der Waals surface area contributed by atoms with Gasteiger partial charge in [0.05, 0.1) is 10.5 Å². The number of nitrogens with one attached hydrogen (secondary N) is 2. The summed E-state index contributed by atoms with van der Waals surface area (Å²) in [5.41, 5.74) is 0.761. The Morgan fingerprint density at radius 3 is 2.17 bits per heavy atom. The summed E-state index contributed by atoms with van der Waals surface area (Å²) in [7, 11) is -4.03. The van der Waals surface area contributed by atoms with E-state index >= 15 is 0 Å². The van der Waals surface area contributed by atoms with Gasteiger partial charge in [-0.3, -0.25) is 9.52 Å². The molecule has 7 nitrogen and oxygen atoms in total. The Morgan fingerprint density at radius 1 is 0.828 bits per heavy atom. The summed E-state index contributed by atoms with van der Waals surface area (Å²) in [6.45, 7) is 0. The van der Waals surface area contributed by atoms with Gasteiger partial charge in [-0.1, -0.05) is 12.1 Å². The molecule has 29 heavy (non-hydrogen) atoms. The Hall–Kier alpha value is -3.72. The van der Waals surface area contributed by atoms with E-state index in [9.17, 15) is 22.4 Å². The minimum absolute atomic E-state index is 0.0803. The maximum absolute atomic E-state index is 13.3. The molecule has 0 aromatic heterocycles. The van der Waals surface area contributed by atoms with Gasteiger partial charge in [0.15, 0.2) is 0 Å². The number of hydrogen-bond acceptors (Lipinski definition) is 4. The van der Waals surface area contributed by atoms with Crippen molar-refractivity contribution >= 4 is 33.3 Å². The highest BCUT2D eigenvalue weighted by atomic mass is 32.2. The van der Waals surface area contributed by atoms with Crippen LogP contribution in [0.1, 0.15) is 20.7 Å². The Bertz CT molecular complexity index is 1180. The second-order valence-corrected chi connectivity index (χ2v) is 7.66. The largest absolute Gasteiger partial charge is 0.478 e. The molecule has 3 aromatic carbocycles. The van der Waals surface area contributed by atoms with Gasteiger partial charge in [-0.05, 0) is 60.7 Å². The molecule has 3 rings (SSSR count). The first-order chi connectivity index (χ1) is 13.7. The first-order valence-electron chi connectivity index (χ1n) is 8.28. The van der Waals surface area contributed by atoms with Gasteiger partial charge in [0.1, 0.15) is 5.82 Å². The number of carboxylic acid groups (broad SMARTS) is 1. The number of carbonyl (C=O) groups is 2. The average Bonchev–Trinajstić information content (AvgIpc) is 2.68. The molecule has 0 saturated carbocycles. The van der Waals surface area contributed by atoms with Crippen LogP contribution in [-0.2, 0) is 10.0 Å². The van der Waals surface area contributed by atoms with E-state index < -0.39 is 27.7 Å². The highest BCUT2D eigenvalue weighted by Gasteiger charge is 2.16. The molecule has 3 aromatic rings. The van der Waals surface area contributed by atoms with E-state index in [0.717, 1.165) is 12.1 Å². The lowest BCUT2D eigenvalue weighted by molar-refractivity contribution is 0.0696. The Balaban J connectivity index is 1.76. The van der Waals surface area contributed by atoms with E-state index in [1.165, 1.54) is 60.7 Å². The number of amides is 1. The van der Waals surface area contributed by atoms with Crippen LogP contribution < -0.4 is 10.0 Å². The summed E-state index contributed by atoms with van der Waals surface area (Å²) in [6, 6.07) is 15.9. The number of aromatic carboxylic acids is 1. The lowest BCUT2D eigenvalue weighted by Gasteiger charge is -2.10. The zero-order chi connectivity index (χ0) is 21.0. The minimum Gasteiger partial charge on any atom is -0.478 e. The molecule has 0 radical (unpaired) electrons. The van der Waals surface area contributed by atoms with Crippen molar-refractivity contribution in [1.82, 2.24) is 0 Å². The highest BCUT2D eigenvalue weighted by molar-refractivity contribution is 7.92. The summed E-state index contributed by atoms with van der Waals surface area (Å²) >= 11 is 0. The van der Waals surface area contributed by atoms with Crippen LogP contribution in [0.15, 0.2) is 77.7 Å². The lowest BCUT2D eigenvalue weighted by Crippen LogP contribution is -2.15. The van der Waals surface area contributed by atoms with Gasteiger partial charge in [-0.2, -0.15) is 0 Å². The molecule has 3 N–H and O–H groups in total. The molecule has 9 heteroatoms. The van der Waals surface area contributed by atoms with Gasteiger partial charge in [-0.25, -0.2) is 17.6 Å². The molecule has 0 saturated heterocycles. The number of anilines is 2. The van der Waals surface area contributed by atoms with E-state index in [-0.39, 0.29) is 21.7 Å². The van der Waals surface area contributed by atoms with Gasteiger partial charge in [0.2, 0.25) is 0 Å². The van der Waals surface area contributed by atoms with Crippen LogP contribution in [0, 0.1) is 5.82 Å². The molecule has 0 unspecified atom stereocenters. The van der Waals surface area contributed by atoms with Gasteiger partial charge in [-0.15, -0.1) is 0 Å². The van der Waals surface area contributed by atoms with Crippen molar-refractivity contribution in [2.75, 3.05) is 10.0 Å². The SMILES string of the molecule is O=C(O)c1ccc(NC(=O)c2cccc(NS(=O)(=O)c3cccc(F)c3)c2)cc1. The fraction of sp³-hybridized carbons (Fsp3) is 0. The monoisotopic (exact) mass is 414 g/mol. The average molecular weight is 414 g/mol. The number of halogens is 1. The van der Waals surface area contributed by atoms with Gasteiger partial charge >= 0.3 is 5.97 Å². The first-order valence-corrected chi connectivity index (χ1v) is 9.76. The molecule has 0 bridgehead atoms. The van der Waals surface area contributed by atoms with Crippen molar-refractivity contribution in [3.05, 3.63) is 89.7 Å². The number of hydrogen-bond donors (Lipinski definition) is 3. The Morgan fingerprint density at radius 2 is 1.52 bits per heavy atom. The molecule has 0 fully saturated rings. The van der Waals surface area contributed by atoms with Crippen LogP contribution >= 0.6 is 0 Å². The third kappa shape index (κ3) is 4.96. The van der Waals surface area contributed by atoms with Crippen molar-refractivity contribution < 1.29 is 27.5 Å².